The van der Waals surface area contributed by atoms with Crippen molar-refractivity contribution in [3.63, 3.8) is 0 Å². The number of methoxy groups -OCH3 is 2. The van der Waals surface area contributed by atoms with Gasteiger partial charge in [-0.2, -0.15) is 0 Å². The third-order valence-corrected chi connectivity index (χ3v) is 10.4. The van der Waals surface area contributed by atoms with Crippen molar-refractivity contribution in [3.05, 3.63) is 109 Å². The van der Waals surface area contributed by atoms with Gasteiger partial charge in [-0.15, -0.1) is 11.3 Å². The number of nitrogens with one attached hydrogen (secondary N) is 1. The van der Waals surface area contributed by atoms with Gasteiger partial charge in [0, 0.05) is 34.2 Å². The highest BCUT2D eigenvalue weighted by Crippen LogP contribution is 2.41. The van der Waals surface area contributed by atoms with Gasteiger partial charge in [-0.1, -0.05) is 66.0 Å². The van der Waals surface area contributed by atoms with Gasteiger partial charge in [0.05, 0.1) is 25.1 Å². The number of benzene rings is 2. The predicted octanol–water partition coefficient (Wildman–Crippen LogP) is 5.20. The lowest BCUT2D eigenvalue weighted by Crippen LogP contribution is -2.35. The Bertz CT molecular complexity index is 1720. The van der Waals surface area contributed by atoms with E-state index >= 15 is 0 Å². The average molecular weight is 729 g/mol. The summed E-state index contributed by atoms with van der Waals surface area (Å²) in [6.07, 6.45) is 6.35. The fraction of sp³-hybridized carbons (Fsp3) is 0.361. The highest BCUT2D eigenvalue weighted by Gasteiger charge is 2.28. The Hall–Kier alpha value is -3.87. The lowest BCUT2D eigenvalue weighted by Gasteiger charge is -2.26. The second-order valence-corrected chi connectivity index (χ2v) is 13.7. The molecule has 0 bridgehead atoms. The van der Waals surface area contributed by atoms with E-state index in [4.69, 9.17) is 37.4 Å². The Morgan fingerprint density at radius 2 is 1.67 bits per heavy atom. The summed E-state index contributed by atoms with van der Waals surface area (Å²) in [5, 5.41) is 26.3. The molecular weight excluding hydrogens is 689 g/mol. The molecule has 1 aliphatic heterocycles. The van der Waals surface area contributed by atoms with E-state index < -0.39 is 23.9 Å². The number of halogens is 2. The topological polar surface area (TPSA) is 124 Å². The smallest absolute Gasteiger partial charge is 0.327 e. The summed E-state index contributed by atoms with van der Waals surface area (Å²) in [5.41, 5.74) is 2.44. The second-order valence-electron chi connectivity index (χ2n) is 11.8. The Labute approximate surface area is 299 Å². The van der Waals surface area contributed by atoms with Crippen molar-refractivity contribution < 1.29 is 38.8 Å². The van der Waals surface area contributed by atoms with Gasteiger partial charge < -0.3 is 24.1 Å². The first-order chi connectivity index (χ1) is 23.7. The number of thiophene rings is 1. The van der Waals surface area contributed by atoms with Crippen molar-refractivity contribution in [1.29, 1.82) is 0 Å². The second kappa shape index (κ2) is 17.2. The van der Waals surface area contributed by atoms with Gasteiger partial charge in [0.15, 0.2) is 11.5 Å². The Morgan fingerprint density at radius 1 is 0.980 bits per heavy atom. The average Bonchev–Trinajstić information content (AvgIpc) is 3.53. The number of pyridine rings is 1. The van der Waals surface area contributed by atoms with E-state index in [0.717, 1.165) is 47.6 Å². The van der Waals surface area contributed by atoms with Crippen molar-refractivity contribution >= 4 is 46.5 Å². The number of hydrogen-bond acceptors (Lipinski definition) is 10. The maximum absolute atomic E-state index is 13.4. The minimum absolute atomic E-state index is 0.0253. The van der Waals surface area contributed by atoms with E-state index in [1.807, 2.05) is 36.4 Å². The van der Waals surface area contributed by atoms with Gasteiger partial charge in [-0.3, -0.25) is 15.4 Å². The predicted molar refractivity (Wildman–Crippen MR) is 185 cm³/mol. The van der Waals surface area contributed by atoms with Gasteiger partial charge >= 0.3 is 5.97 Å². The summed E-state index contributed by atoms with van der Waals surface area (Å²) in [4.78, 5) is 29.0. The van der Waals surface area contributed by atoms with Crippen molar-refractivity contribution in [3.8, 4) is 11.5 Å². The molecule has 1 aliphatic rings. The number of aromatic nitrogens is 1. The maximum Gasteiger partial charge on any atom is 0.327 e. The van der Waals surface area contributed by atoms with E-state index in [1.165, 1.54) is 33.0 Å². The quantitative estimate of drug-likeness (QED) is 0.0967. The zero-order valence-electron chi connectivity index (χ0n) is 27.3. The van der Waals surface area contributed by atoms with Gasteiger partial charge in [0.25, 0.3) is 0 Å². The molecule has 0 saturated carbocycles. The number of carboxylic acids is 1. The van der Waals surface area contributed by atoms with Crippen molar-refractivity contribution in [1.82, 2.24) is 10.2 Å². The van der Waals surface area contributed by atoms with Crippen LogP contribution in [0.5, 0.6) is 11.5 Å². The summed E-state index contributed by atoms with van der Waals surface area (Å²) in [6, 6.07) is 15.7. The minimum Gasteiger partial charge on any atom is -0.544 e. The van der Waals surface area contributed by atoms with Crippen LogP contribution in [0, 0.1) is 0 Å². The molecule has 10 nitrogen and oxygen atoms in total. The lowest BCUT2D eigenvalue weighted by molar-refractivity contribution is -0.904. The number of carbonyl (C=O) groups is 2. The molecular formula is C36H39Cl2N3O7S. The molecule has 2 N–H and O–H groups in total. The molecule has 1 unspecified atom stereocenters. The first-order valence-corrected chi connectivity index (χ1v) is 17.6. The Balaban J connectivity index is 1.45. The molecule has 0 radical (unpaired) electrons. The van der Waals surface area contributed by atoms with Crippen LogP contribution in [-0.2, 0) is 22.5 Å². The molecule has 0 amide bonds. The number of nitrogens with zero attached hydrogens (tertiary/aromatic N) is 2. The van der Waals surface area contributed by atoms with Gasteiger partial charge in [-0.25, -0.2) is 4.79 Å². The number of piperidine rings is 1. The van der Waals surface area contributed by atoms with Gasteiger partial charge in [0.1, 0.15) is 22.7 Å². The van der Waals surface area contributed by atoms with E-state index in [1.54, 1.807) is 18.2 Å². The van der Waals surface area contributed by atoms with Crippen LogP contribution in [-0.4, -0.2) is 62.5 Å². The third kappa shape index (κ3) is 9.23. The molecule has 1 fully saturated rings. The molecule has 4 aromatic rings. The normalized spacial score (nSPS) is 14.6. The number of aromatic carboxylic acids is 1. The van der Waals surface area contributed by atoms with E-state index in [-0.39, 0.29) is 34.5 Å². The summed E-state index contributed by atoms with van der Waals surface area (Å²) >= 11 is 14.1. The summed E-state index contributed by atoms with van der Waals surface area (Å²) in [5.74, 6) is -1.36. The van der Waals surface area contributed by atoms with Crippen LogP contribution >= 0.6 is 34.5 Å². The van der Waals surface area contributed by atoms with Crippen molar-refractivity contribution in [2.24, 2.45) is 0 Å². The first kappa shape index (κ1) is 36.4. The van der Waals surface area contributed by atoms with Crippen LogP contribution in [0.2, 0.25) is 10.0 Å². The molecule has 260 valence electrons. The van der Waals surface area contributed by atoms with Crippen LogP contribution in [0.3, 0.4) is 0 Å². The molecule has 13 heteroatoms. The Kier molecular flexibility index (Phi) is 12.8. The molecule has 5 rings (SSSR count). The third-order valence-electron chi connectivity index (χ3n) is 8.61. The zero-order valence-corrected chi connectivity index (χ0v) is 29.7. The summed E-state index contributed by atoms with van der Waals surface area (Å²) in [6.45, 7) is 3.17. The summed E-state index contributed by atoms with van der Waals surface area (Å²) < 4.78 is 17.5. The molecule has 3 heterocycles. The van der Waals surface area contributed by atoms with Crippen LogP contribution in [0.4, 0.5) is 0 Å². The molecule has 1 saturated heterocycles. The van der Waals surface area contributed by atoms with Crippen LogP contribution < -0.4 is 24.6 Å². The fourth-order valence-electron chi connectivity index (χ4n) is 6.11. The number of carboxylic acid groups (broad SMARTS) is 1. The Morgan fingerprint density at radius 3 is 2.33 bits per heavy atom. The number of likely N-dealkylation sites (tertiary alicyclic amines) is 1. The van der Waals surface area contributed by atoms with Crippen LogP contribution in [0.15, 0.2) is 67.0 Å². The van der Waals surface area contributed by atoms with Crippen LogP contribution in [0.25, 0.3) is 0 Å². The monoisotopic (exact) mass is 727 g/mol. The standard InChI is InChI=1S/C36H39Cl2N3O7S/c1-46-31-12-11-24(17-32(31)47-2)26(19-28-29(37)21-41(45)22-30(28)38)27-18-25(49-34(27)35(42)43)20-39-33(23-9-5-3-6-10-23)36(44)48-16-15-40-13-7-4-8-14-40/h3,5-6,9-12,17-18,21-22,26,33,39H,4,7-8,13-16,19-20H2,1-2H3,(H-,42,43,45)/t26-,33?/m0/s1. The van der Waals surface area contributed by atoms with Gasteiger partial charge in [0.2, 0.25) is 12.4 Å². The number of hydrogen-bond donors (Lipinski definition) is 2. The molecule has 2 aromatic heterocycles. The maximum atomic E-state index is 13.4. The van der Waals surface area contributed by atoms with Crippen molar-refractivity contribution in [2.45, 2.75) is 44.2 Å². The molecule has 0 aliphatic carbocycles. The molecule has 2 aromatic carbocycles. The van der Waals surface area contributed by atoms with E-state index in [0.29, 0.717) is 39.6 Å². The fourth-order valence-corrected chi connectivity index (χ4v) is 7.72. The number of rotatable bonds is 15. The SMILES string of the molecule is COc1ccc([C@H](Cc2c(Cl)c[n+](O)cc2Cl)c2cc(CNC(C(=O)OCCN3CCCCC3)c3ccccc3)sc2C(=O)[O-])cc1OC. The van der Waals surface area contributed by atoms with E-state index in [2.05, 4.69) is 10.2 Å². The zero-order chi connectivity index (χ0) is 34.9. The molecule has 2 atom stereocenters. The largest absolute Gasteiger partial charge is 0.544 e. The number of carbonyl (C=O) groups excluding carboxylic acids is 2. The molecule has 49 heavy (non-hydrogen) atoms. The van der Waals surface area contributed by atoms with Gasteiger partial charge in [-0.05, 0) is 67.2 Å². The highest BCUT2D eigenvalue weighted by molar-refractivity contribution is 7.14. The number of ether oxygens (including phenoxy) is 3. The van der Waals surface area contributed by atoms with E-state index in [9.17, 15) is 19.9 Å². The minimum atomic E-state index is -1.34. The number of esters is 1. The van der Waals surface area contributed by atoms with Crippen molar-refractivity contribution in [2.75, 3.05) is 40.5 Å². The first-order valence-electron chi connectivity index (χ1n) is 16.0. The van der Waals surface area contributed by atoms with Crippen LogP contribution in [0.1, 0.15) is 68.0 Å². The summed E-state index contributed by atoms with van der Waals surface area (Å²) in [7, 11) is 3.05. The molecule has 0 spiro atoms. The highest BCUT2D eigenvalue weighted by atomic mass is 35.5. The lowest BCUT2D eigenvalue weighted by atomic mass is 9.85.